The highest BCUT2D eigenvalue weighted by Gasteiger charge is 2.25. The third-order valence-corrected chi connectivity index (χ3v) is 4.56. The molecule has 3 nitrogen and oxygen atoms in total. The summed E-state index contributed by atoms with van der Waals surface area (Å²) in [6.45, 7) is 8.57. The zero-order valence-electron chi connectivity index (χ0n) is 11.5. The highest BCUT2D eigenvalue weighted by molar-refractivity contribution is 7.11. The van der Waals surface area contributed by atoms with E-state index >= 15 is 0 Å². The number of nitrogens with zero attached hydrogens (tertiary/aromatic N) is 2. The Kier molecular flexibility index (Phi) is 4.51. The Balaban J connectivity index is 1.87. The van der Waals surface area contributed by atoms with Gasteiger partial charge in [-0.15, -0.1) is 11.3 Å². The van der Waals surface area contributed by atoms with E-state index in [1.165, 1.54) is 24.5 Å². The van der Waals surface area contributed by atoms with E-state index in [4.69, 9.17) is 0 Å². The van der Waals surface area contributed by atoms with Gasteiger partial charge in [0.1, 0.15) is 5.78 Å². The number of aromatic nitrogens is 1. The van der Waals surface area contributed by atoms with Crippen molar-refractivity contribution in [1.29, 1.82) is 0 Å². The molecule has 0 N–H and O–H groups in total. The summed E-state index contributed by atoms with van der Waals surface area (Å²) < 4.78 is 0. The van der Waals surface area contributed by atoms with Crippen LogP contribution in [-0.2, 0) is 17.6 Å². The number of hydrogen-bond donors (Lipinski definition) is 0. The van der Waals surface area contributed by atoms with Crippen molar-refractivity contribution in [3.8, 4) is 0 Å². The van der Waals surface area contributed by atoms with Crippen LogP contribution in [0.15, 0.2) is 6.20 Å². The van der Waals surface area contributed by atoms with Crippen molar-refractivity contribution < 1.29 is 4.79 Å². The largest absolute Gasteiger partial charge is 0.301 e. The number of carbonyl (C=O) groups excluding carboxylic acids is 1. The Labute approximate surface area is 113 Å². The summed E-state index contributed by atoms with van der Waals surface area (Å²) in [4.78, 5) is 19.2. The second-order valence-corrected chi connectivity index (χ2v) is 6.75. The molecule has 2 heterocycles. The smallest absolute Gasteiger partial charge is 0.135 e. The van der Waals surface area contributed by atoms with Gasteiger partial charge in [-0.2, -0.15) is 0 Å². The summed E-state index contributed by atoms with van der Waals surface area (Å²) >= 11 is 1.71. The molecule has 1 aliphatic rings. The van der Waals surface area contributed by atoms with E-state index in [9.17, 15) is 4.79 Å². The quantitative estimate of drug-likeness (QED) is 0.821. The van der Waals surface area contributed by atoms with Crippen LogP contribution in [0.2, 0.25) is 0 Å². The fourth-order valence-electron chi connectivity index (χ4n) is 2.51. The maximum absolute atomic E-state index is 11.1. The minimum absolute atomic E-state index is 0.219. The lowest BCUT2D eigenvalue weighted by atomic mass is 10.1. The standard InChI is InChI=1S/C14H22N2OS/c1-10(2)16-5-4-12(9-16)7-14-15-8-13(18-14)6-11(3)17/h8,10,12H,4-7,9H2,1-3H3. The van der Waals surface area contributed by atoms with Crippen LogP contribution in [0.1, 0.15) is 37.1 Å². The number of rotatable bonds is 5. The first-order valence-corrected chi connectivity index (χ1v) is 7.53. The summed E-state index contributed by atoms with van der Waals surface area (Å²) in [5.74, 6) is 0.959. The second-order valence-electron chi connectivity index (χ2n) is 5.55. The number of likely N-dealkylation sites (tertiary alicyclic amines) is 1. The Hall–Kier alpha value is -0.740. The maximum atomic E-state index is 11.1. The number of thiazole rings is 1. The van der Waals surface area contributed by atoms with Crippen molar-refractivity contribution in [3.63, 3.8) is 0 Å². The van der Waals surface area contributed by atoms with E-state index in [1.807, 2.05) is 6.20 Å². The lowest BCUT2D eigenvalue weighted by molar-refractivity contribution is -0.116. The third kappa shape index (κ3) is 3.62. The van der Waals surface area contributed by atoms with Crippen LogP contribution < -0.4 is 0 Å². The second kappa shape index (κ2) is 5.93. The normalized spacial score (nSPS) is 20.8. The van der Waals surface area contributed by atoms with Crippen molar-refractivity contribution in [2.24, 2.45) is 5.92 Å². The average molecular weight is 266 g/mol. The van der Waals surface area contributed by atoms with Crippen molar-refractivity contribution in [3.05, 3.63) is 16.1 Å². The summed E-state index contributed by atoms with van der Waals surface area (Å²) in [6, 6.07) is 0.652. The molecule has 1 saturated heterocycles. The van der Waals surface area contributed by atoms with Crippen molar-refractivity contribution in [1.82, 2.24) is 9.88 Å². The molecule has 0 aromatic carbocycles. The molecule has 1 fully saturated rings. The zero-order chi connectivity index (χ0) is 13.1. The van der Waals surface area contributed by atoms with Gasteiger partial charge in [-0.3, -0.25) is 4.79 Å². The van der Waals surface area contributed by atoms with E-state index in [-0.39, 0.29) is 5.78 Å². The summed E-state index contributed by atoms with van der Waals surface area (Å²) in [7, 11) is 0. The van der Waals surface area contributed by atoms with Gasteiger partial charge in [-0.1, -0.05) is 0 Å². The molecular formula is C14H22N2OS. The van der Waals surface area contributed by atoms with E-state index in [0.29, 0.717) is 12.5 Å². The van der Waals surface area contributed by atoms with E-state index in [0.717, 1.165) is 17.2 Å². The molecule has 4 heteroatoms. The highest BCUT2D eigenvalue weighted by atomic mass is 32.1. The molecule has 1 unspecified atom stereocenters. The molecule has 1 atom stereocenters. The number of Topliss-reactive ketones (excluding diaryl/α,β-unsaturated/α-hetero) is 1. The minimum Gasteiger partial charge on any atom is -0.301 e. The first kappa shape index (κ1) is 13.7. The highest BCUT2D eigenvalue weighted by Crippen LogP contribution is 2.24. The SMILES string of the molecule is CC(=O)Cc1cnc(CC2CCN(C(C)C)C2)s1. The molecule has 0 amide bonds. The Morgan fingerprint density at radius 3 is 3.00 bits per heavy atom. The van der Waals surface area contributed by atoms with Crippen molar-refractivity contribution in [2.45, 2.75) is 46.1 Å². The molecule has 0 spiro atoms. The Bertz CT molecular complexity index is 414. The number of carbonyl (C=O) groups is 1. The molecular weight excluding hydrogens is 244 g/mol. The fraction of sp³-hybridized carbons (Fsp3) is 0.714. The van der Waals surface area contributed by atoms with Gasteiger partial charge in [0.2, 0.25) is 0 Å². The molecule has 0 saturated carbocycles. The van der Waals surface area contributed by atoms with Crippen LogP contribution in [0.3, 0.4) is 0 Å². The molecule has 0 aliphatic carbocycles. The van der Waals surface area contributed by atoms with Crippen molar-refractivity contribution in [2.75, 3.05) is 13.1 Å². The predicted molar refractivity (Wildman–Crippen MR) is 75.0 cm³/mol. The van der Waals surface area contributed by atoms with Crippen LogP contribution in [0.4, 0.5) is 0 Å². The van der Waals surface area contributed by atoms with Gasteiger partial charge in [0, 0.05) is 36.5 Å². The molecule has 0 bridgehead atoms. The molecule has 1 aromatic heterocycles. The van der Waals surface area contributed by atoms with Gasteiger partial charge in [0.25, 0.3) is 0 Å². The first-order chi connectivity index (χ1) is 8.54. The predicted octanol–water partition coefficient (Wildman–Crippen LogP) is 2.55. The monoisotopic (exact) mass is 266 g/mol. The molecule has 100 valence electrons. The van der Waals surface area contributed by atoms with Gasteiger partial charge >= 0.3 is 0 Å². The van der Waals surface area contributed by atoms with Crippen LogP contribution >= 0.6 is 11.3 Å². The van der Waals surface area contributed by atoms with Crippen LogP contribution in [-0.4, -0.2) is 34.8 Å². The van der Waals surface area contributed by atoms with E-state index in [1.54, 1.807) is 18.3 Å². The number of ketones is 1. The lowest BCUT2D eigenvalue weighted by Crippen LogP contribution is -2.28. The van der Waals surface area contributed by atoms with E-state index in [2.05, 4.69) is 23.7 Å². The Morgan fingerprint density at radius 2 is 2.39 bits per heavy atom. The van der Waals surface area contributed by atoms with Gasteiger partial charge in [-0.25, -0.2) is 4.98 Å². The third-order valence-electron chi connectivity index (χ3n) is 3.54. The minimum atomic E-state index is 0.219. The maximum Gasteiger partial charge on any atom is 0.135 e. The van der Waals surface area contributed by atoms with Gasteiger partial charge in [0.15, 0.2) is 0 Å². The van der Waals surface area contributed by atoms with Crippen LogP contribution in [0, 0.1) is 5.92 Å². The molecule has 1 aromatic rings. The molecule has 0 radical (unpaired) electrons. The first-order valence-electron chi connectivity index (χ1n) is 6.71. The van der Waals surface area contributed by atoms with Gasteiger partial charge in [-0.05, 0) is 39.7 Å². The molecule has 1 aliphatic heterocycles. The van der Waals surface area contributed by atoms with Gasteiger partial charge in [0.05, 0.1) is 5.01 Å². The average Bonchev–Trinajstić information content (AvgIpc) is 2.88. The summed E-state index contributed by atoms with van der Waals surface area (Å²) in [6.07, 6.45) is 4.77. The summed E-state index contributed by atoms with van der Waals surface area (Å²) in [5, 5.41) is 1.20. The molecule has 18 heavy (non-hydrogen) atoms. The van der Waals surface area contributed by atoms with Crippen molar-refractivity contribution >= 4 is 17.1 Å². The van der Waals surface area contributed by atoms with Crippen LogP contribution in [0.5, 0.6) is 0 Å². The fourth-order valence-corrected chi connectivity index (χ4v) is 3.62. The summed E-state index contributed by atoms with van der Waals surface area (Å²) in [5.41, 5.74) is 0. The van der Waals surface area contributed by atoms with Crippen LogP contribution in [0.25, 0.3) is 0 Å². The molecule has 2 rings (SSSR count). The Morgan fingerprint density at radius 1 is 1.61 bits per heavy atom. The topological polar surface area (TPSA) is 33.2 Å². The van der Waals surface area contributed by atoms with Gasteiger partial charge < -0.3 is 4.90 Å². The number of hydrogen-bond acceptors (Lipinski definition) is 4. The lowest BCUT2D eigenvalue weighted by Gasteiger charge is -2.19. The van der Waals surface area contributed by atoms with E-state index < -0.39 is 0 Å². The zero-order valence-corrected chi connectivity index (χ0v) is 12.3.